The molecule has 2 heterocycles. The van der Waals surface area contributed by atoms with Gasteiger partial charge in [0.05, 0.1) is 15.5 Å². The Balaban J connectivity index is 1.55. The molecular formula is C23H22Cl2F2N2O2. The van der Waals surface area contributed by atoms with Gasteiger partial charge in [-0.25, -0.2) is 8.78 Å². The molecular weight excluding hydrogens is 445 g/mol. The van der Waals surface area contributed by atoms with E-state index in [1.54, 1.807) is 6.07 Å². The van der Waals surface area contributed by atoms with Gasteiger partial charge in [-0.05, 0) is 73.7 Å². The minimum atomic E-state index is -1.04. The number of carbonyl (C=O) groups is 2. The first-order chi connectivity index (χ1) is 14.8. The zero-order chi connectivity index (χ0) is 22.2. The second-order valence-corrected chi connectivity index (χ2v) is 9.09. The van der Waals surface area contributed by atoms with E-state index in [0.29, 0.717) is 41.4 Å². The number of amides is 2. The van der Waals surface area contributed by atoms with E-state index in [2.05, 4.69) is 10.2 Å². The van der Waals surface area contributed by atoms with E-state index in [-0.39, 0.29) is 18.2 Å². The van der Waals surface area contributed by atoms with Gasteiger partial charge in [-0.2, -0.15) is 0 Å². The van der Waals surface area contributed by atoms with Gasteiger partial charge in [0.15, 0.2) is 11.6 Å². The lowest BCUT2D eigenvalue weighted by molar-refractivity contribution is -0.140. The highest BCUT2D eigenvalue weighted by Crippen LogP contribution is 2.44. The maximum Gasteiger partial charge on any atom is 0.237 e. The van der Waals surface area contributed by atoms with Crippen LogP contribution in [0, 0.1) is 17.6 Å². The summed E-state index contributed by atoms with van der Waals surface area (Å²) in [4.78, 5) is 27.1. The van der Waals surface area contributed by atoms with Crippen molar-refractivity contribution in [3.05, 3.63) is 69.2 Å². The van der Waals surface area contributed by atoms with Crippen LogP contribution in [0.15, 0.2) is 36.4 Å². The van der Waals surface area contributed by atoms with Crippen LogP contribution in [-0.4, -0.2) is 29.8 Å². The summed E-state index contributed by atoms with van der Waals surface area (Å²) < 4.78 is 27.6. The number of halogens is 4. The van der Waals surface area contributed by atoms with E-state index in [1.165, 1.54) is 6.07 Å². The molecule has 4 rings (SSSR count). The monoisotopic (exact) mass is 466 g/mol. The lowest BCUT2D eigenvalue weighted by atomic mass is 9.62. The van der Waals surface area contributed by atoms with E-state index in [9.17, 15) is 18.4 Å². The first kappa shape index (κ1) is 22.2. The Kier molecular flexibility index (Phi) is 6.33. The number of imide groups is 1. The van der Waals surface area contributed by atoms with Gasteiger partial charge in [-0.3, -0.25) is 19.8 Å². The maximum absolute atomic E-state index is 14.0. The van der Waals surface area contributed by atoms with Crippen molar-refractivity contribution in [2.24, 2.45) is 5.92 Å². The van der Waals surface area contributed by atoms with E-state index >= 15 is 0 Å². The molecule has 8 heteroatoms. The van der Waals surface area contributed by atoms with Gasteiger partial charge in [0.25, 0.3) is 0 Å². The van der Waals surface area contributed by atoms with Gasteiger partial charge in [0, 0.05) is 13.0 Å². The number of piperidine rings is 2. The van der Waals surface area contributed by atoms with Crippen LogP contribution < -0.4 is 5.32 Å². The summed E-state index contributed by atoms with van der Waals surface area (Å²) in [5.74, 6) is -2.78. The Morgan fingerprint density at radius 3 is 2.39 bits per heavy atom. The van der Waals surface area contributed by atoms with Crippen molar-refractivity contribution in [3.8, 4) is 0 Å². The zero-order valence-corrected chi connectivity index (χ0v) is 18.3. The molecule has 0 aliphatic carbocycles. The predicted octanol–water partition coefficient (Wildman–Crippen LogP) is 4.86. The molecule has 2 aliphatic heterocycles. The topological polar surface area (TPSA) is 49.4 Å². The first-order valence-corrected chi connectivity index (χ1v) is 11.0. The fourth-order valence-electron chi connectivity index (χ4n) is 4.88. The fraction of sp³-hybridized carbons (Fsp3) is 0.391. The van der Waals surface area contributed by atoms with E-state index in [1.807, 2.05) is 12.1 Å². The van der Waals surface area contributed by atoms with Gasteiger partial charge in [0.1, 0.15) is 0 Å². The Hall–Kier alpha value is -2.02. The summed E-state index contributed by atoms with van der Waals surface area (Å²) in [6.07, 6.45) is 1.86. The molecule has 31 heavy (non-hydrogen) atoms. The molecule has 1 atom stereocenters. The van der Waals surface area contributed by atoms with Crippen LogP contribution in [0.5, 0.6) is 0 Å². The van der Waals surface area contributed by atoms with Crippen LogP contribution in [0.2, 0.25) is 10.0 Å². The average Bonchev–Trinajstić information content (AvgIpc) is 2.74. The maximum atomic E-state index is 14.0. The predicted molar refractivity (Wildman–Crippen MR) is 115 cm³/mol. The molecule has 0 bridgehead atoms. The van der Waals surface area contributed by atoms with Crippen molar-refractivity contribution < 1.29 is 18.4 Å². The van der Waals surface area contributed by atoms with Crippen molar-refractivity contribution in [2.45, 2.75) is 37.6 Å². The Bertz CT molecular complexity index is 1020. The molecule has 164 valence electrons. The minimum Gasteiger partial charge on any atom is -0.299 e. The highest BCUT2D eigenvalue weighted by Gasteiger charge is 2.50. The number of carbonyl (C=O) groups excluding carboxylic acids is 2. The molecule has 0 aromatic heterocycles. The van der Waals surface area contributed by atoms with E-state index in [4.69, 9.17) is 23.2 Å². The lowest BCUT2D eigenvalue weighted by Gasteiger charge is -2.45. The number of hydrogen-bond donors (Lipinski definition) is 1. The van der Waals surface area contributed by atoms with Crippen molar-refractivity contribution in [1.29, 1.82) is 0 Å². The first-order valence-electron chi connectivity index (χ1n) is 10.3. The number of hydrogen-bond acceptors (Lipinski definition) is 3. The van der Waals surface area contributed by atoms with Crippen LogP contribution in [0.4, 0.5) is 8.78 Å². The van der Waals surface area contributed by atoms with Crippen LogP contribution in [0.1, 0.15) is 36.8 Å². The molecule has 2 aliphatic rings. The number of benzene rings is 2. The zero-order valence-electron chi connectivity index (χ0n) is 16.8. The molecule has 2 amide bonds. The summed E-state index contributed by atoms with van der Waals surface area (Å²) in [6, 6.07) is 9.17. The molecule has 0 saturated carbocycles. The van der Waals surface area contributed by atoms with Gasteiger partial charge < -0.3 is 0 Å². The molecule has 2 saturated heterocycles. The second-order valence-electron chi connectivity index (χ2n) is 8.28. The number of likely N-dealkylation sites (tertiary alicyclic amines) is 1. The van der Waals surface area contributed by atoms with E-state index < -0.39 is 23.0 Å². The summed E-state index contributed by atoms with van der Waals surface area (Å²) >= 11 is 12.1. The molecule has 1 N–H and O–H groups in total. The third-order valence-corrected chi connectivity index (χ3v) is 7.25. The largest absolute Gasteiger partial charge is 0.299 e. The van der Waals surface area contributed by atoms with Crippen LogP contribution in [-0.2, 0) is 21.5 Å². The highest BCUT2D eigenvalue weighted by molar-refractivity contribution is 6.42. The number of rotatable bonds is 4. The van der Waals surface area contributed by atoms with Crippen LogP contribution >= 0.6 is 23.2 Å². The summed E-state index contributed by atoms with van der Waals surface area (Å²) in [5, 5.41) is 3.45. The highest BCUT2D eigenvalue weighted by atomic mass is 35.5. The standard InChI is InChI=1S/C23H22Cl2F2N2O2/c24-17-3-1-14(11-18(17)25)13-29-9-6-15(7-10-29)23(8-5-21(30)28-22(23)31)16-2-4-19(26)20(27)12-16/h1-4,11-12,15H,5-10,13H2,(H,28,30,31)/t23-/m0/s1. The van der Waals surface area contributed by atoms with Gasteiger partial charge in [-0.15, -0.1) is 0 Å². The smallest absolute Gasteiger partial charge is 0.237 e. The fourth-order valence-corrected chi connectivity index (χ4v) is 5.20. The van der Waals surface area contributed by atoms with Crippen molar-refractivity contribution in [1.82, 2.24) is 10.2 Å². The summed E-state index contributed by atoms with van der Waals surface area (Å²) in [6.45, 7) is 2.17. The molecule has 0 spiro atoms. The Morgan fingerprint density at radius 2 is 1.74 bits per heavy atom. The molecule has 0 unspecified atom stereocenters. The molecule has 2 fully saturated rings. The van der Waals surface area contributed by atoms with Crippen molar-refractivity contribution >= 4 is 35.0 Å². The molecule has 0 radical (unpaired) electrons. The molecule has 2 aromatic carbocycles. The van der Waals surface area contributed by atoms with Crippen LogP contribution in [0.3, 0.4) is 0 Å². The minimum absolute atomic E-state index is 0.0875. The molecule has 2 aromatic rings. The summed E-state index contributed by atoms with van der Waals surface area (Å²) in [5.41, 5.74) is 0.432. The van der Waals surface area contributed by atoms with Gasteiger partial charge >= 0.3 is 0 Å². The van der Waals surface area contributed by atoms with Gasteiger partial charge in [-0.1, -0.05) is 35.3 Å². The third kappa shape index (κ3) is 4.34. The number of nitrogens with one attached hydrogen (secondary N) is 1. The molecule has 4 nitrogen and oxygen atoms in total. The SMILES string of the molecule is O=C1CC[C@@](c2ccc(F)c(F)c2)(C2CCN(Cc3ccc(Cl)c(Cl)c3)CC2)C(=O)N1. The van der Waals surface area contributed by atoms with Crippen molar-refractivity contribution in [2.75, 3.05) is 13.1 Å². The summed E-state index contributed by atoms with van der Waals surface area (Å²) in [7, 11) is 0. The second kappa shape index (κ2) is 8.85. The third-order valence-electron chi connectivity index (χ3n) is 6.51. The number of nitrogens with zero attached hydrogens (tertiary/aromatic N) is 1. The van der Waals surface area contributed by atoms with E-state index in [0.717, 1.165) is 30.8 Å². The lowest BCUT2D eigenvalue weighted by Crippen LogP contribution is -2.57. The average molecular weight is 467 g/mol. The Morgan fingerprint density at radius 1 is 1.00 bits per heavy atom. The normalized spacial score (nSPS) is 23.1. The Labute approximate surface area is 189 Å². The van der Waals surface area contributed by atoms with Gasteiger partial charge in [0.2, 0.25) is 11.8 Å². The quantitative estimate of drug-likeness (QED) is 0.654. The van der Waals surface area contributed by atoms with Crippen LogP contribution in [0.25, 0.3) is 0 Å². The van der Waals surface area contributed by atoms with Crippen molar-refractivity contribution in [3.63, 3.8) is 0 Å².